The van der Waals surface area contributed by atoms with Crippen LogP contribution >= 0.6 is 0 Å². The number of rotatable bonds is 3. The second-order valence-electron chi connectivity index (χ2n) is 6.18. The minimum Gasteiger partial charge on any atom is -0.381 e. The van der Waals surface area contributed by atoms with Gasteiger partial charge in [-0.3, -0.25) is 9.69 Å². The van der Waals surface area contributed by atoms with Gasteiger partial charge in [0, 0.05) is 13.1 Å². The molecule has 0 amide bonds. The second kappa shape index (κ2) is 6.45. The van der Waals surface area contributed by atoms with Crippen molar-refractivity contribution in [2.24, 2.45) is 0 Å². The predicted molar refractivity (Wildman–Crippen MR) is 95.5 cm³/mol. The summed E-state index contributed by atoms with van der Waals surface area (Å²) in [5.74, 6) is 0.731. The number of hydrogen-bond donors (Lipinski definition) is 2. The van der Waals surface area contributed by atoms with E-state index >= 15 is 0 Å². The molecule has 0 radical (unpaired) electrons. The van der Waals surface area contributed by atoms with E-state index in [9.17, 15) is 4.79 Å². The average molecular weight is 320 g/mol. The molecule has 0 spiro atoms. The van der Waals surface area contributed by atoms with E-state index in [0.29, 0.717) is 18.0 Å². The highest BCUT2D eigenvalue weighted by atomic mass is 16.1. The Bertz CT molecular complexity index is 894. The van der Waals surface area contributed by atoms with E-state index in [4.69, 9.17) is 0 Å². The van der Waals surface area contributed by atoms with Gasteiger partial charge in [-0.05, 0) is 36.4 Å². The summed E-state index contributed by atoms with van der Waals surface area (Å²) >= 11 is 0. The summed E-state index contributed by atoms with van der Waals surface area (Å²) in [7, 11) is 0. The van der Waals surface area contributed by atoms with Crippen LogP contribution in [-0.2, 0) is 6.54 Å². The van der Waals surface area contributed by atoms with Gasteiger partial charge in [0.15, 0.2) is 0 Å². The summed E-state index contributed by atoms with van der Waals surface area (Å²) < 4.78 is 0. The number of aromatic nitrogens is 2. The fourth-order valence-electron chi connectivity index (χ4n) is 3.25. The summed E-state index contributed by atoms with van der Waals surface area (Å²) in [6.45, 7) is 2.51. The third-order valence-electron chi connectivity index (χ3n) is 4.55. The highest BCUT2D eigenvalue weighted by Crippen LogP contribution is 2.18. The van der Waals surface area contributed by atoms with Crippen LogP contribution in [0.5, 0.6) is 0 Å². The Kier molecular flexibility index (Phi) is 4.01. The zero-order chi connectivity index (χ0) is 16.4. The molecule has 2 N–H and O–H groups in total. The lowest BCUT2D eigenvalue weighted by Crippen LogP contribution is -2.35. The van der Waals surface area contributed by atoms with Crippen molar-refractivity contribution in [2.75, 3.05) is 13.1 Å². The molecule has 122 valence electrons. The molecule has 0 fully saturated rings. The molecule has 1 aromatic carbocycles. The van der Waals surface area contributed by atoms with E-state index in [1.807, 2.05) is 30.5 Å². The summed E-state index contributed by atoms with van der Waals surface area (Å²) in [6, 6.07) is 7.78. The Morgan fingerprint density at radius 3 is 2.96 bits per heavy atom. The first kappa shape index (κ1) is 14.9. The number of H-pyrrole nitrogens is 1. The molecule has 0 saturated heterocycles. The van der Waals surface area contributed by atoms with Crippen LogP contribution in [0.25, 0.3) is 10.9 Å². The van der Waals surface area contributed by atoms with Crippen molar-refractivity contribution < 1.29 is 0 Å². The van der Waals surface area contributed by atoms with Crippen LogP contribution in [0.3, 0.4) is 0 Å². The first-order chi connectivity index (χ1) is 11.8. The van der Waals surface area contributed by atoms with Crippen molar-refractivity contribution in [1.82, 2.24) is 20.2 Å². The molecule has 2 aromatic rings. The monoisotopic (exact) mass is 320 g/mol. The van der Waals surface area contributed by atoms with Crippen molar-refractivity contribution in [2.45, 2.75) is 19.0 Å². The average Bonchev–Trinajstić information content (AvgIpc) is 2.63. The molecule has 1 unspecified atom stereocenters. The molecule has 0 bridgehead atoms. The second-order valence-corrected chi connectivity index (χ2v) is 6.18. The fraction of sp³-hybridized carbons (Fsp3) is 0.263. The van der Waals surface area contributed by atoms with E-state index in [0.717, 1.165) is 30.9 Å². The number of allylic oxidation sites excluding steroid dienone is 2. The lowest BCUT2D eigenvalue weighted by atomic mass is 9.98. The topological polar surface area (TPSA) is 61.0 Å². The molecule has 2 aliphatic heterocycles. The number of dihydropyridines is 1. The quantitative estimate of drug-likeness (QED) is 0.850. The maximum absolute atomic E-state index is 12.2. The maximum Gasteiger partial charge on any atom is 0.258 e. The summed E-state index contributed by atoms with van der Waals surface area (Å²) in [4.78, 5) is 22.0. The molecule has 5 heteroatoms. The van der Waals surface area contributed by atoms with Gasteiger partial charge < -0.3 is 10.3 Å². The van der Waals surface area contributed by atoms with Gasteiger partial charge in [-0.15, -0.1) is 0 Å². The van der Waals surface area contributed by atoms with Gasteiger partial charge in [-0.1, -0.05) is 30.4 Å². The first-order valence-corrected chi connectivity index (χ1v) is 8.28. The molecule has 0 aliphatic carbocycles. The van der Waals surface area contributed by atoms with Crippen LogP contribution in [-0.4, -0.2) is 34.0 Å². The number of hydrogen-bond acceptors (Lipinski definition) is 4. The van der Waals surface area contributed by atoms with Crippen molar-refractivity contribution in [1.29, 1.82) is 0 Å². The van der Waals surface area contributed by atoms with E-state index in [2.05, 4.69) is 38.4 Å². The third-order valence-corrected chi connectivity index (χ3v) is 4.55. The van der Waals surface area contributed by atoms with E-state index in [1.54, 1.807) is 6.07 Å². The third kappa shape index (κ3) is 3.03. The zero-order valence-corrected chi connectivity index (χ0v) is 13.4. The van der Waals surface area contributed by atoms with Crippen LogP contribution in [0.1, 0.15) is 12.2 Å². The number of benzene rings is 1. The molecule has 4 rings (SSSR count). The minimum atomic E-state index is -0.0628. The number of aromatic amines is 1. The highest BCUT2D eigenvalue weighted by Gasteiger charge is 2.18. The lowest BCUT2D eigenvalue weighted by molar-refractivity contribution is 0.276. The van der Waals surface area contributed by atoms with E-state index < -0.39 is 0 Å². The van der Waals surface area contributed by atoms with E-state index in [1.165, 1.54) is 5.57 Å². The first-order valence-electron chi connectivity index (χ1n) is 8.28. The smallest absolute Gasteiger partial charge is 0.258 e. The van der Waals surface area contributed by atoms with Crippen LogP contribution in [0.2, 0.25) is 0 Å². The predicted octanol–water partition coefficient (Wildman–Crippen LogP) is 2.10. The Balaban J connectivity index is 1.47. The van der Waals surface area contributed by atoms with Crippen LogP contribution in [0.15, 0.2) is 65.1 Å². The molecule has 1 atom stereocenters. The molecule has 0 saturated carbocycles. The van der Waals surface area contributed by atoms with Crippen molar-refractivity contribution >= 4 is 10.9 Å². The van der Waals surface area contributed by atoms with Crippen LogP contribution < -0.4 is 10.9 Å². The minimum absolute atomic E-state index is 0.0628. The normalized spacial score (nSPS) is 20.8. The maximum atomic E-state index is 12.2. The SMILES string of the molecule is O=c1[nH]c(CN2CC=C(C3C=CC=CN3)CC2)nc2ccccc12. The number of nitrogens with zero attached hydrogens (tertiary/aromatic N) is 2. The fourth-order valence-corrected chi connectivity index (χ4v) is 3.25. The number of para-hydroxylation sites is 1. The Morgan fingerprint density at radius 1 is 1.25 bits per heavy atom. The molecule has 24 heavy (non-hydrogen) atoms. The van der Waals surface area contributed by atoms with E-state index in [-0.39, 0.29) is 5.56 Å². The van der Waals surface area contributed by atoms with Crippen molar-refractivity contribution in [3.63, 3.8) is 0 Å². The van der Waals surface area contributed by atoms with Gasteiger partial charge in [0.2, 0.25) is 0 Å². The van der Waals surface area contributed by atoms with Gasteiger partial charge in [0.05, 0.1) is 23.5 Å². The highest BCUT2D eigenvalue weighted by molar-refractivity contribution is 5.77. The van der Waals surface area contributed by atoms with Gasteiger partial charge in [0.25, 0.3) is 5.56 Å². The van der Waals surface area contributed by atoms with Gasteiger partial charge >= 0.3 is 0 Å². The van der Waals surface area contributed by atoms with Crippen LogP contribution in [0.4, 0.5) is 0 Å². The molecule has 2 aliphatic rings. The summed E-state index contributed by atoms with van der Waals surface area (Å²) in [5.41, 5.74) is 2.12. The van der Waals surface area contributed by atoms with Gasteiger partial charge in [-0.25, -0.2) is 4.98 Å². The van der Waals surface area contributed by atoms with Gasteiger partial charge in [-0.2, -0.15) is 0 Å². The lowest BCUT2D eigenvalue weighted by Gasteiger charge is -2.29. The molecular weight excluding hydrogens is 300 g/mol. The molecular formula is C19H20N4O. The molecule has 3 heterocycles. The number of fused-ring (bicyclic) bond motifs is 1. The molecule has 5 nitrogen and oxygen atoms in total. The Labute approximate surface area is 140 Å². The van der Waals surface area contributed by atoms with Crippen LogP contribution in [0, 0.1) is 0 Å². The Hall–Kier alpha value is -2.66. The summed E-state index contributed by atoms with van der Waals surface area (Å²) in [5, 5.41) is 4.01. The summed E-state index contributed by atoms with van der Waals surface area (Å²) in [6.07, 6.45) is 11.6. The number of nitrogens with one attached hydrogen (secondary N) is 2. The standard InChI is InChI=1S/C19H20N4O/c24-19-15-5-1-2-7-17(15)21-18(22-19)13-23-11-8-14(9-12-23)16-6-3-4-10-20-16/h1-8,10,16,20H,9,11-13H2,(H,21,22,24). The Morgan fingerprint density at radius 2 is 2.17 bits per heavy atom. The van der Waals surface area contributed by atoms with Crippen molar-refractivity contribution in [3.05, 3.63) is 76.5 Å². The van der Waals surface area contributed by atoms with Crippen molar-refractivity contribution in [3.8, 4) is 0 Å². The molecule has 1 aromatic heterocycles. The zero-order valence-electron chi connectivity index (χ0n) is 13.4. The largest absolute Gasteiger partial charge is 0.381 e. The van der Waals surface area contributed by atoms with Gasteiger partial charge in [0.1, 0.15) is 5.82 Å².